The van der Waals surface area contributed by atoms with Crippen molar-refractivity contribution in [2.45, 2.75) is 19.3 Å². The fourth-order valence-corrected chi connectivity index (χ4v) is 9.23. The highest BCUT2D eigenvalue weighted by molar-refractivity contribution is 6.21. The summed E-state index contributed by atoms with van der Waals surface area (Å²) in [6.07, 6.45) is 0. The molecule has 0 saturated carbocycles. The van der Waals surface area contributed by atoms with Crippen LogP contribution in [0.15, 0.2) is 158 Å². The Labute approximate surface area is 285 Å². The minimum absolute atomic E-state index is 0.138. The molecular weight excluding hydrogens is 589 g/mol. The molecule has 0 radical (unpaired) electrons. The molecule has 0 unspecified atom stereocenters. The lowest BCUT2D eigenvalue weighted by molar-refractivity contribution is 0.661. The summed E-state index contributed by atoms with van der Waals surface area (Å²) >= 11 is 0. The van der Waals surface area contributed by atoms with Crippen molar-refractivity contribution >= 4 is 43.1 Å². The molecule has 9 aromatic carbocycles. The molecule has 0 heteroatoms. The van der Waals surface area contributed by atoms with Gasteiger partial charge >= 0.3 is 0 Å². The highest BCUT2D eigenvalue weighted by Crippen LogP contribution is 2.53. The van der Waals surface area contributed by atoms with E-state index in [9.17, 15) is 0 Å². The molecule has 0 bridgehead atoms. The van der Waals surface area contributed by atoms with Crippen LogP contribution in [0.5, 0.6) is 0 Å². The Balaban J connectivity index is 1.07. The molecule has 49 heavy (non-hydrogen) atoms. The number of hydrogen-bond donors (Lipinski definition) is 0. The molecule has 9 aromatic rings. The summed E-state index contributed by atoms with van der Waals surface area (Å²) < 4.78 is 0. The van der Waals surface area contributed by atoms with Gasteiger partial charge in [0.1, 0.15) is 0 Å². The zero-order valence-electron chi connectivity index (χ0n) is 27.5. The van der Waals surface area contributed by atoms with E-state index in [-0.39, 0.29) is 5.41 Å². The predicted molar refractivity (Wildman–Crippen MR) is 209 cm³/mol. The summed E-state index contributed by atoms with van der Waals surface area (Å²) in [5.74, 6) is 0. The second kappa shape index (κ2) is 9.56. The molecule has 0 aromatic heterocycles. The highest BCUT2D eigenvalue weighted by atomic mass is 14.4. The SMILES string of the molecule is CC1(C)c2cc(-c3ccc4c5c(cccc35)-c3ccccc3-4)ccc2-c2ccc(-c3cc4c5ccccc5ccc4c4ccccc34)cc21. The van der Waals surface area contributed by atoms with Crippen molar-refractivity contribution in [1.29, 1.82) is 0 Å². The van der Waals surface area contributed by atoms with Crippen molar-refractivity contribution in [3.8, 4) is 55.6 Å². The maximum absolute atomic E-state index is 2.48. The largest absolute Gasteiger partial charge is 0.0616 e. The molecular formula is C49H32. The van der Waals surface area contributed by atoms with Gasteiger partial charge in [0.15, 0.2) is 0 Å². The molecule has 0 N–H and O–H groups in total. The second-order valence-electron chi connectivity index (χ2n) is 14.4. The van der Waals surface area contributed by atoms with E-state index < -0.39 is 0 Å². The van der Waals surface area contributed by atoms with Crippen molar-refractivity contribution < 1.29 is 0 Å². The quantitative estimate of drug-likeness (QED) is 0.169. The third-order valence-electron chi connectivity index (χ3n) is 11.6. The third kappa shape index (κ3) is 3.58. The molecule has 0 atom stereocenters. The fraction of sp³-hybridized carbons (Fsp3) is 0.0612. The van der Waals surface area contributed by atoms with Crippen LogP contribution < -0.4 is 0 Å². The van der Waals surface area contributed by atoms with Crippen molar-refractivity contribution in [2.24, 2.45) is 0 Å². The first-order chi connectivity index (χ1) is 24.1. The van der Waals surface area contributed by atoms with E-state index in [0.717, 1.165) is 0 Å². The van der Waals surface area contributed by atoms with Gasteiger partial charge in [-0.1, -0.05) is 153 Å². The van der Waals surface area contributed by atoms with Crippen LogP contribution in [0.3, 0.4) is 0 Å². The summed E-state index contributed by atoms with van der Waals surface area (Å²) in [5.41, 5.74) is 15.9. The van der Waals surface area contributed by atoms with E-state index in [0.29, 0.717) is 0 Å². The second-order valence-corrected chi connectivity index (χ2v) is 14.4. The molecule has 11 rings (SSSR count). The Hall–Kier alpha value is -5.98. The van der Waals surface area contributed by atoms with Crippen LogP contribution in [-0.2, 0) is 5.41 Å². The Morgan fingerprint density at radius 1 is 0.306 bits per heavy atom. The Morgan fingerprint density at radius 2 is 0.837 bits per heavy atom. The number of hydrogen-bond acceptors (Lipinski definition) is 0. The van der Waals surface area contributed by atoms with Gasteiger partial charge in [0, 0.05) is 5.41 Å². The van der Waals surface area contributed by atoms with Gasteiger partial charge in [-0.25, -0.2) is 0 Å². The summed E-state index contributed by atoms with van der Waals surface area (Å²) in [4.78, 5) is 0. The zero-order valence-corrected chi connectivity index (χ0v) is 27.5. The molecule has 0 spiro atoms. The smallest absolute Gasteiger partial charge is 0.0159 e. The van der Waals surface area contributed by atoms with E-state index in [1.807, 2.05) is 0 Å². The average Bonchev–Trinajstić information content (AvgIpc) is 3.60. The van der Waals surface area contributed by atoms with Crippen molar-refractivity contribution in [1.82, 2.24) is 0 Å². The lowest BCUT2D eigenvalue weighted by Gasteiger charge is -2.23. The van der Waals surface area contributed by atoms with E-state index in [2.05, 4.69) is 172 Å². The first kappa shape index (κ1) is 27.0. The van der Waals surface area contributed by atoms with Crippen LogP contribution in [0.2, 0.25) is 0 Å². The van der Waals surface area contributed by atoms with E-state index >= 15 is 0 Å². The van der Waals surface area contributed by atoms with Gasteiger partial charge in [-0.15, -0.1) is 0 Å². The minimum atomic E-state index is -0.138. The Morgan fingerprint density at radius 3 is 1.59 bits per heavy atom. The molecule has 2 aliphatic rings. The molecule has 0 amide bonds. The number of rotatable bonds is 2. The van der Waals surface area contributed by atoms with E-state index in [1.54, 1.807) is 0 Å². The highest BCUT2D eigenvalue weighted by Gasteiger charge is 2.36. The maximum atomic E-state index is 2.48. The van der Waals surface area contributed by atoms with Gasteiger partial charge in [0.25, 0.3) is 0 Å². The average molecular weight is 621 g/mol. The van der Waals surface area contributed by atoms with Gasteiger partial charge in [-0.2, -0.15) is 0 Å². The third-order valence-corrected chi connectivity index (χ3v) is 11.6. The first-order valence-corrected chi connectivity index (χ1v) is 17.4. The van der Waals surface area contributed by atoms with Gasteiger partial charge in [-0.3, -0.25) is 0 Å². The molecule has 228 valence electrons. The monoisotopic (exact) mass is 620 g/mol. The lowest BCUT2D eigenvalue weighted by atomic mass is 9.80. The van der Waals surface area contributed by atoms with Crippen molar-refractivity contribution in [2.75, 3.05) is 0 Å². The van der Waals surface area contributed by atoms with E-state index in [1.165, 1.54) is 110 Å². The van der Waals surface area contributed by atoms with Crippen molar-refractivity contribution in [3.63, 3.8) is 0 Å². The molecule has 0 saturated heterocycles. The Bertz CT molecular complexity index is 2870. The topological polar surface area (TPSA) is 0 Å². The molecule has 0 nitrogen and oxygen atoms in total. The summed E-state index contributed by atoms with van der Waals surface area (Å²) in [6.45, 7) is 4.81. The van der Waals surface area contributed by atoms with Gasteiger partial charge in [-0.05, 0) is 128 Å². The first-order valence-electron chi connectivity index (χ1n) is 17.4. The van der Waals surface area contributed by atoms with Gasteiger partial charge < -0.3 is 0 Å². The molecule has 0 heterocycles. The molecule has 2 aliphatic carbocycles. The maximum Gasteiger partial charge on any atom is 0.0159 e. The number of fused-ring (bicyclic) bond motifs is 11. The van der Waals surface area contributed by atoms with Crippen LogP contribution in [0, 0.1) is 0 Å². The van der Waals surface area contributed by atoms with Crippen LogP contribution in [0.4, 0.5) is 0 Å². The van der Waals surface area contributed by atoms with Crippen LogP contribution in [0.1, 0.15) is 25.0 Å². The Kier molecular flexibility index (Phi) is 5.27. The molecule has 0 fully saturated rings. The van der Waals surface area contributed by atoms with Crippen molar-refractivity contribution in [3.05, 3.63) is 169 Å². The van der Waals surface area contributed by atoms with Crippen LogP contribution in [-0.4, -0.2) is 0 Å². The van der Waals surface area contributed by atoms with Crippen LogP contribution >= 0.6 is 0 Å². The zero-order chi connectivity index (χ0) is 32.4. The normalized spacial score (nSPS) is 13.7. The minimum Gasteiger partial charge on any atom is -0.0616 e. The summed E-state index contributed by atoms with van der Waals surface area (Å²) in [7, 11) is 0. The van der Waals surface area contributed by atoms with Crippen LogP contribution in [0.25, 0.3) is 98.7 Å². The summed E-state index contributed by atoms with van der Waals surface area (Å²) in [5, 5.41) is 10.5. The molecule has 0 aliphatic heterocycles. The lowest BCUT2D eigenvalue weighted by Crippen LogP contribution is -2.15. The van der Waals surface area contributed by atoms with Gasteiger partial charge in [0.05, 0.1) is 0 Å². The fourth-order valence-electron chi connectivity index (χ4n) is 9.23. The van der Waals surface area contributed by atoms with E-state index in [4.69, 9.17) is 0 Å². The standard InChI is InChI=1S/C49H32/c1-49(2)46-26-30(33-24-25-43-36-14-7-6-13-35(36)42-17-9-16-41(33)48(42)43)19-22-39(46)40-23-20-31(27-47(40)49)44-28-45-32-11-4-3-10-29(32)18-21-38(45)34-12-5-8-15-37(34)44/h3-28H,1-2H3. The predicted octanol–water partition coefficient (Wildman–Crippen LogP) is 13.6. The summed E-state index contributed by atoms with van der Waals surface area (Å²) in [6, 6.07) is 59.3. The van der Waals surface area contributed by atoms with Gasteiger partial charge in [0.2, 0.25) is 0 Å². The number of benzene rings is 9.